The maximum Gasteiger partial charge on any atom is 0.239 e. The third-order valence-corrected chi connectivity index (χ3v) is 5.32. The Balaban J connectivity index is 1.83. The van der Waals surface area contributed by atoms with Gasteiger partial charge in [-0.2, -0.15) is 5.26 Å². The number of carbonyl (C=O) groups excluding carboxylic acids is 1. The van der Waals surface area contributed by atoms with Gasteiger partial charge in [0, 0.05) is 23.4 Å². The Morgan fingerprint density at radius 3 is 2.89 bits per heavy atom. The highest BCUT2D eigenvalue weighted by molar-refractivity contribution is 6.34. The highest BCUT2D eigenvalue weighted by Crippen LogP contribution is 2.26. The van der Waals surface area contributed by atoms with E-state index in [0.29, 0.717) is 17.5 Å². The topological polar surface area (TPSA) is 85.2 Å². The highest BCUT2D eigenvalue weighted by atomic mass is 35.5. The van der Waals surface area contributed by atoms with Crippen molar-refractivity contribution >= 4 is 34.1 Å². The van der Waals surface area contributed by atoms with Gasteiger partial charge >= 0.3 is 0 Å². The molecule has 3 rings (SSSR count). The molecule has 0 bridgehead atoms. The summed E-state index contributed by atoms with van der Waals surface area (Å²) < 4.78 is 0. The monoisotopic (exact) mass is 386 g/mol. The second kappa shape index (κ2) is 8.51. The molecular formula is C19H23ClN6O. The largest absolute Gasteiger partial charge is 0.325 e. The maximum absolute atomic E-state index is 12.8. The van der Waals surface area contributed by atoms with Crippen molar-refractivity contribution in [3.8, 4) is 6.07 Å². The number of aromatic nitrogens is 2. The second-order valence-corrected chi connectivity index (χ2v) is 7.11. The number of anilines is 1. The Labute approximate surface area is 163 Å². The molecule has 1 unspecified atom stereocenters. The summed E-state index contributed by atoms with van der Waals surface area (Å²) in [5, 5.41) is 21.3. The van der Waals surface area contributed by atoms with Crippen molar-refractivity contribution in [1.82, 2.24) is 20.1 Å². The van der Waals surface area contributed by atoms with E-state index in [1.54, 1.807) is 4.90 Å². The molecule has 0 saturated carbocycles. The molecule has 0 aliphatic carbocycles. The number of halogens is 1. The summed E-state index contributed by atoms with van der Waals surface area (Å²) in [5.74, 6) is 0.499. The molecule has 1 aliphatic heterocycles. The van der Waals surface area contributed by atoms with Crippen molar-refractivity contribution in [2.24, 2.45) is 0 Å². The summed E-state index contributed by atoms with van der Waals surface area (Å²) in [6.45, 7) is 4.89. The number of fused-ring (bicyclic) bond motifs is 1. The number of hydrogen-bond donors (Lipinski definition) is 1. The number of nitrogens with zero attached hydrogens (tertiary/aromatic N) is 5. The standard InChI is InChI=1S/C19H23ClN6O/c1-3-13(2)26(12-17(27)25-10-6-7-14(25)11-21)24-19-16-9-5-4-8-15(16)18(20)22-23-19/h4-5,8-9,13-14H,3,6-7,10,12H2,1-2H3,(H,23,24)/t13-,14?/m0/s1. The third-order valence-electron chi connectivity index (χ3n) is 5.04. The molecule has 27 heavy (non-hydrogen) atoms. The summed E-state index contributed by atoms with van der Waals surface area (Å²) in [6, 6.07) is 9.59. The van der Waals surface area contributed by atoms with Crippen LogP contribution < -0.4 is 5.43 Å². The predicted octanol–water partition coefficient (Wildman–Crippen LogP) is 3.23. The van der Waals surface area contributed by atoms with Crippen molar-refractivity contribution in [2.45, 2.75) is 45.2 Å². The normalized spacial score (nSPS) is 17.9. The van der Waals surface area contributed by atoms with Crippen LogP contribution in [-0.2, 0) is 4.79 Å². The van der Waals surface area contributed by atoms with Crippen LogP contribution in [0, 0.1) is 11.3 Å². The van der Waals surface area contributed by atoms with Gasteiger partial charge < -0.3 is 10.3 Å². The summed E-state index contributed by atoms with van der Waals surface area (Å²) in [5.41, 5.74) is 3.26. The van der Waals surface area contributed by atoms with Gasteiger partial charge in [-0.05, 0) is 26.2 Å². The van der Waals surface area contributed by atoms with E-state index < -0.39 is 0 Å². The van der Waals surface area contributed by atoms with Crippen LogP contribution >= 0.6 is 11.6 Å². The lowest BCUT2D eigenvalue weighted by atomic mass is 10.2. The lowest BCUT2D eigenvalue weighted by Crippen LogP contribution is -2.47. The molecule has 1 aliphatic rings. The zero-order valence-corrected chi connectivity index (χ0v) is 16.3. The van der Waals surface area contributed by atoms with Crippen LogP contribution in [0.15, 0.2) is 24.3 Å². The van der Waals surface area contributed by atoms with Crippen LogP contribution in [0.25, 0.3) is 10.8 Å². The van der Waals surface area contributed by atoms with E-state index >= 15 is 0 Å². The van der Waals surface area contributed by atoms with Crippen molar-refractivity contribution in [3.63, 3.8) is 0 Å². The van der Waals surface area contributed by atoms with Crippen molar-refractivity contribution in [2.75, 3.05) is 18.5 Å². The van der Waals surface area contributed by atoms with E-state index in [4.69, 9.17) is 11.6 Å². The van der Waals surface area contributed by atoms with E-state index in [-0.39, 0.29) is 24.5 Å². The number of nitriles is 1. The number of rotatable bonds is 6. The number of amides is 1. The molecule has 1 aromatic carbocycles. The smallest absolute Gasteiger partial charge is 0.239 e. The van der Waals surface area contributed by atoms with Crippen LogP contribution in [0.1, 0.15) is 33.1 Å². The highest BCUT2D eigenvalue weighted by Gasteiger charge is 2.30. The lowest BCUT2D eigenvalue weighted by molar-refractivity contribution is -0.132. The number of benzene rings is 1. The first kappa shape index (κ1) is 19.3. The molecule has 8 heteroatoms. The van der Waals surface area contributed by atoms with Crippen LogP contribution in [-0.4, -0.2) is 51.2 Å². The van der Waals surface area contributed by atoms with E-state index in [0.717, 1.165) is 30.0 Å². The zero-order chi connectivity index (χ0) is 19.4. The quantitative estimate of drug-likeness (QED) is 0.767. The SMILES string of the molecule is CC[C@H](C)N(CC(=O)N1CCCC1C#N)Nc1nnc(Cl)c2ccccc12. The van der Waals surface area contributed by atoms with Gasteiger partial charge in [-0.3, -0.25) is 4.79 Å². The van der Waals surface area contributed by atoms with Crippen LogP contribution in [0.5, 0.6) is 0 Å². The van der Waals surface area contributed by atoms with Crippen molar-refractivity contribution < 1.29 is 4.79 Å². The summed E-state index contributed by atoms with van der Waals surface area (Å²) in [6.07, 6.45) is 2.46. The van der Waals surface area contributed by atoms with Crippen LogP contribution in [0.3, 0.4) is 0 Å². The lowest BCUT2D eigenvalue weighted by Gasteiger charge is -2.31. The van der Waals surface area contributed by atoms with Gasteiger partial charge in [0.1, 0.15) is 6.04 Å². The fourth-order valence-electron chi connectivity index (χ4n) is 3.25. The fourth-order valence-corrected chi connectivity index (χ4v) is 3.45. The molecule has 0 radical (unpaired) electrons. The molecule has 0 spiro atoms. The number of hydrazine groups is 1. The first-order valence-corrected chi connectivity index (χ1v) is 9.56. The Hall–Kier alpha value is -2.43. The molecule has 1 amide bonds. The van der Waals surface area contributed by atoms with Crippen LogP contribution in [0.2, 0.25) is 5.15 Å². The average molecular weight is 387 g/mol. The molecular weight excluding hydrogens is 364 g/mol. The average Bonchev–Trinajstić information content (AvgIpc) is 3.18. The number of carbonyl (C=O) groups is 1. The molecule has 1 fully saturated rings. The second-order valence-electron chi connectivity index (χ2n) is 6.76. The zero-order valence-electron chi connectivity index (χ0n) is 15.5. The minimum absolute atomic E-state index is 0.0573. The van der Waals surface area contributed by atoms with E-state index in [1.807, 2.05) is 36.2 Å². The van der Waals surface area contributed by atoms with Gasteiger partial charge in [-0.15, -0.1) is 10.2 Å². The van der Waals surface area contributed by atoms with E-state index in [9.17, 15) is 10.1 Å². The Bertz CT molecular complexity index is 867. The predicted molar refractivity (Wildman–Crippen MR) is 105 cm³/mol. The minimum atomic E-state index is -0.326. The third kappa shape index (κ3) is 4.12. The van der Waals surface area contributed by atoms with Gasteiger partial charge in [0.25, 0.3) is 0 Å². The first-order valence-electron chi connectivity index (χ1n) is 9.18. The molecule has 2 heterocycles. The van der Waals surface area contributed by atoms with Gasteiger partial charge in [0.05, 0.1) is 12.6 Å². The minimum Gasteiger partial charge on any atom is -0.325 e. The Kier molecular flexibility index (Phi) is 6.09. The molecule has 1 aromatic heterocycles. The molecule has 1 N–H and O–H groups in total. The van der Waals surface area contributed by atoms with E-state index in [1.165, 1.54) is 0 Å². The van der Waals surface area contributed by atoms with E-state index in [2.05, 4.69) is 28.6 Å². The number of nitrogens with one attached hydrogen (secondary N) is 1. The maximum atomic E-state index is 12.8. The van der Waals surface area contributed by atoms with Crippen molar-refractivity contribution in [3.05, 3.63) is 29.4 Å². The fraction of sp³-hybridized carbons (Fsp3) is 0.474. The molecule has 2 atom stereocenters. The molecule has 7 nitrogen and oxygen atoms in total. The van der Waals surface area contributed by atoms with Crippen LogP contribution in [0.4, 0.5) is 5.82 Å². The van der Waals surface area contributed by atoms with Gasteiger partial charge in [-0.1, -0.05) is 42.8 Å². The van der Waals surface area contributed by atoms with Gasteiger partial charge in [0.2, 0.25) is 5.91 Å². The summed E-state index contributed by atoms with van der Waals surface area (Å²) in [4.78, 5) is 14.5. The van der Waals surface area contributed by atoms with Crippen molar-refractivity contribution in [1.29, 1.82) is 5.26 Å². The number of likely N-dealkylation sites (tertiary alicyclic amines) is 1. The Morgan fingerprint density at radius 2 is 2.19 bits per heavy atom. The van der Waals surface area contributed by atoms with Gasteiger partial charge in [-0.25, -0.2) is 5.01 Å². The summed E-state index contributed by atoms with van der Waals surface area (Å²) >= 11 is 6.15. The molecule has 2 aromatic rings. The Morgan fingerprint density at radius 1 is 1.44 bits per heavy atom. The number of hydrogen-bond acceptors (Lipinski definition) is 6. The first-order chi connectivity index (χ1) is 13.0. The molecule has 1 saturated heterocycles. The van der Waals surface area contributed by atoms with Gasteiger partial charge in [0.15, 0.2) is 11.0 Å². The molecule has 142 valence electrons. The summed E-state index contributed by atoms with van der Waals surface area (Å²) in [7, 11) is 0.